The molecule has 1 atom stereocenters. The molecular formula is C14H23FN2. The molecule has 0 aliphatic rings. The normalized spacial score (nSPS) is 14.9. The summed E-state index contributed by atoms with van der Waals surface area (Å²) >= 11 is 0. The van der Waals surface area contributed by atoms with Gasteiger partial charge in [-0.1, -0.05) is 25.1 Å². The van der Waals surface area contributed by atoms with E-state index in [1.807, 2.05) is 12.1 Å². The molecule has 0 spiro atoms. The van der Waals surface area contributed by atoms with Gasteiger partial charge in [-0.3, -0.25) is 4.90 Å². The van der Waals surface area contributed by atoms with Crippen molar-refractivity contribution >= 4 is 0 Å². The molecule has 0 fully saturated rings. The Morgan fingerprint density at radius 2 is 2.00 bits per heavy atom. The molecule has 0 heterocycles. The third-order valence-electron chi connectivity index (χ3n) is 3.45. The van der Waals surface area contributed by atoms with Gasteiger partial charge in [0.25, 0.3) is 0 Å². The summed E-state index contributed by atoms with van der Waals surface area (Å²) < 4.78 is 13.6. The quantitative estimate of drug-likeness (QED) is 0.824. The van der Waals surface area contributed by atoms with Gasteiger partial charge in [0.15, 0.2) is 0 Å². The van der Waals surface area contributed by atoms with Crippen molar-refractivity contribution in [1.82, 2.24) is 4.90 Å². The van der Waals surface area contributed by atoms with Crippen molar-refractivity contribution in [2.45, 2.75) is 32.2 Å². The lowest BCUT2D eigenvalue weighted by molar-refractivity contribution is 0.143. The van der Waals surface area contributed by atoms with E-state index in [0.717, 1.165) is 18.5 Å². The molecule has 0 bridgehead atoms. The van der Waals surface area contributed by atoms with E-state index >= 15 is 0 Å². The smallest absolute Gasteiger partial charge is 0.126 e. The number of halogens is 1. The second kappa shape index (κ2) is 6.12. The Kier molecular flexibility index (Phi) is 5.09. The summed E-state index contributed by atoms with van der Waals surface area (Å²) in [7, 11) is 2.05. The van der Waals surface area contributed by atoms with Crippen LogP contribution in [0.1, 0.15) is 25.8 Å². The van der Waals surface area contributed by atoms with Gasteiger partial charge in [-0.2, -0.15) is 0 Å². The first-order valence-electron chi connectivity index (χ1n) is 6.18. The number of benzene rings is 1. The summed E-state index contributed by atoms with van der Waals surface area (Å²) in [6, 6.07) is 6.93. The largest absolute Gasteiger partial charge is 0.329 e. The summed E-state index contributed by atoms with van der Waals surface area (Å²) in [4.78, 5) is 2.22. The van der Waals surface area contributed by atoms with Crippen molar-refractivity contribution in [3.8, 4) is 0 Å². The number of nitrogens with zero attached hydrogens (tertiary/aromatic N) is 1. The lowest BCUT2D eigenvalue weighted by Crippen LogP contribution is -2.51. The molecule has 2 N–H and O–H groups in total. The standard InChI is InChI=1S/C14H23FN2/c1-4-9-17(3)14(2,11-16)10-12-7-5-6-8-13(12)15/h5-8H,4,9-11,16H2,1-3H3. The van der Waals surface area contributed by atoms with E-state index in [-0.39, 0.29) is 11.4 Å². The molecule has 0 saturated heterocycles. The van der Waals surface area contributed by atoms with Crippen LogP contribution in [0.25, 0.3) is 0 Å². The van der Waals surface area contributed by atoms with Crippen molar-refractivity contribution < 1.29 is 4.39 Å². The highest BCUT2D eigenvalue weighted by molar-refractivity contribution is 5.20. The Morgan fingerprint density at radius 3 is 2.53 bits per heavy atom. The minimum Gasteiger partial charge on any atom is -0.329 e. The molecular weight excluding hydrogens is 215 g/mol. The van der Waals surface area contributed by atoms with Gasteiger partial charge in [-0.25, -0.2) is 4.39 Å². The fourth-order valence-electron chi connectivity index (χ4n) is 2.02. The van der Waals surface area contributed by atoms with Gasteiger partial charge in [0.05, 0.1) is 0 Å². The number of rotatable bonds is 6. The van der Waals surface area contributed by atoms with Gasteiger partial charge >= 0.3 is 0 Å². The van der Waals surface area contributed by atoms with Crippen LogP contribution in [-0.4, -0.2) is 30.6 Å². The number of hydrogen-bond donors (Lipinski definition) is 1. The van der Waals surface area contributed by atoms with Gasteiger partial charge < -0.3 is 5.73 Å². The van der Waals surface area contributed by atoms with Crippen LogP contribution in [0.3, 0.4) is 0 Å². The summed E-state index contributed by atoms with van der Waals surface area (Å²) in [5.74, 6) is -0.142. The summed E-state index contributed by atoms with van der Waals surface area (Å²) in [5.41, 5.74) is 6.43. The Hall–Kier alpha value is -0.930. The molecule has 1 rings (SSSR count). The zero-order chi connectivity index (χ0) is 12.9. The van der Waals surface area contributed by atoms with Crippen molar-refractivity contribution in [2.75, 3.05) is 20.1 Å². The molecule has 1 aromatic rings. The van der Waals surface area contributed by atoms with Crippen molar-refractivity contribution in [3.63, 3.8) is 0 Å². The van der Waals surface area contributed by atoms with E-state index < -0.39 is 0 Å². The highest BCUT2D eigenvalue weighted by Gasteiger charge is 2.28. The Bertz CT molecular complexity index is 354. The lowest BCUT2D eigenvalue weighted by atomic mass is 9.91. The third kappa shape index (κ3) is 3.51. The van der Waals surface area contributed by atoms with Crippen LogP contribution in [0.2, 0.25) is 0 Å². The van der Waals surface area contributed by atoms with Gasteiger partial charge in [-0.15, -0.1) is 0 Å². The molecule has 3 heteroatoms. The van der Waals surface area contributed by atoms with Crippen LogP contribution < -0.4 is 5.73 Å². The number of likely N-dealkylation sites (N-methyl/N-ethyl adjacent to an activating group) is 1. The number of nitrogens with two attached hydrogens (primary N) is 1. The molecule has 0 radical (unpaired) electrons. The molecule has 1 aromatic carbocycles. The van der Waals surface area contributed by atoms with E-state index in [0.29, 0.717) is 13.0 Å². The van der Waals surface area contributed by atoms with E-state index in [9.17, 15) is 4.39 Å². The lowest BCUT2D eigenvalue weighted by Gasteiger charge is -2.38. The fourth-order valence-corrected chi connectivity index (χ4v) is 2.02. The zero-order valence-electron chi connectivity index (χ0n) is 11.0. The average Bonchev–Trinajstić information content (AvgIpc) is 2.32. The summed E-state index contributed by atoms with van der Waals surface area (Å²) in [6.07, 6.45) is 1.72. The van der Waals surface area contributed by atoms with Crippen molar-refractivity contribution in [3.05, 3.63) is 35.6 Å². The van der Waals surface area contributed by atoms with Gasteiger partial charge in [0.1, 0.15) is 5.82 Å². The van der Waals surface area contributed by atoms with Crippen LogP contribution >= 0.6 is 0 Å². The van der Waals surface area contributed by atoms with Crippen LogP contribution in [0.15, 0.2) is 24.3 Å². The number of hydrogen-bond acceptors (Lipinski definition) is 2. The zero-order valence-corrected chi connectivity index (χ0v) is 11.0. The first-order valence-corrected chi connectivity index (χ1v) is 6.18. The summed E-state index contributed by atoms with van der Waals surface area (Å²) in [5, 5.41) is 0. The van der Waals surface area contributed by atoms with Crippen LogP contribution in [0.5, 0.6) is 0 Å². The summed E-state index contributed by atoms with van der Waals surface area (Å²) in [6.45, 7) is 5.73. The molecule has 0 aromatic heterocycles. The minimum absolute atomic E-state index is 0.142. The highest BCUT2D eigenvalue weighted by Crippen LogP contribution is 2.20. The van der Waals surface area contributed by atoms with Gasteiger partial charge in [0.2, 0.25) is 0 Å². The first kappa shape index (κ1) is 14.1. The topological polar surface area (TPSA) is 29.3 Å². The highest BCUT2D eigenvalue weighted by atomic mass is 19.1. The minimum atomic E-state index is -0.182. The first-order chi connectivity index (χ1) is 8.03. The van der Waals surface area contributed by atoms with E-state index in [1.165, 1.54) is 6.07 Å². The molecule has 17 heavy (non-hydrogen) atoms. The van der Waals surface area contributed by atoms with E-state index in [2.05, 4.69) is 25.8 Å². The van der Waals surface area contributed by atoms with Crippen LogP contribution in [-0.2, 0) is 6.42 Å². The maximum atomic E-state index is 13.6. The van der Waals surface area contributed by atoms with Crippen LogP contribution in [0.4, 0.5) is 4.39 Å². The monoisotopic (exact) mass is 238 g/mol. The molecule has 0 amide bonds. The van der Waals surface area contributed by atoms with Gasteiger partial charge in [-0.05, 0) is 45.0 Å². The molecule has 0 saturated carbocycles. The molecule has 96 valence electrons. The predicted octanol–water partition coefficient (Wildman–Crippen LogP) is 2.43. The van der Waals surface area contributed by atoms with Crippen LogP contribution in [0, 0.1) is 5.82 Å². The maximum Gasteiger partial charge on any atom is 0.126 e. The Morgan fingerprint density at radius 1 is 1.35 bits per heavy atom. The third-order valence-corrected chi connectivity index (χ3v) is 3.45. The van der Waals surface area contributed by atoms with E-state index in [1.54, 1.807) is 6.07 Å². The fraction of sp³-hybridized carbons (Fsp3) is 0.571. The SMILES string of the molecule is CCCN(C)C(C)(CN)Cc1ccccc1F. The van der Waals surface area contributed by atoms with Crippen molar-refractivity contribution in [1.29, 1.82) is 0 Å². The van der Waals surface area contributed by atoms with Crippen molar-refractivity contribution in [2.24, 2.45) is 5.73 Å². The molecule has 1 unspecified atom stereocenters. The molecule has 0 aliphatic heterocycles. The predicted molar refractivity (Wildman–Crippen MR) is 70.5 cm³/mol. The Labute approximate surface area is 104 Å². The molecule has 0 aliphatic carbocycles. The van der Waals surface area contributed by atoms with Gasteiger partial charge in [0, 0.05) is 12.1 Å². The maximum absolute atomic E-state index is 13.6. The molecule has 2 nitrogen and oxygen atoms in total. The average molecular weight is 238 g/mol. The van der Waals surface area contributed by atoms with E-state index in [4.69, 9.17) is 5.73 Å². The Balaban J connectivity index is 2.85. The second-order valence-corrected chi connectivity index (χ2v) is 4.89. The second-order valence-electron chi connectivity index (χ2n) is 4.89.